The minimum Gasteiger partial charge on any atom is -0.493 e. The van der Waals surface area contributed by atoms with Crippen molar-refractivity contribution in [1.29, 1.82) is 0 Å². The van der Waals surface area contributed by atoms with Crippen LogP contribution in [0.25, 0.3) is 11.1 Å². The summed E-state index contributed by atoms with van der Waals surface area (Å²) in [7, 11) is -4.52. The standard InChI is InChI=1S/C33H38ClF2N3O4S/c34-27-12-8-25(9-13-27)24-6-10-26(11-7-24)33(35,36)31(32(40)39-20-18-28(37)19-21-39)38-44(41,42)30-16-14-29(15-17-30)43-22-23-4-2-1-3-5-23/h6-17,23,28,31,38H,1-5,18-22,37H2/t31-/m0/s1. The molecule has 3 N–H and O–H groups in total. The van der Waals surface area contributed by atoms with Crippen molar-refractivity contribution >= 4 is 27.5 Å². The number of piperidine rings is 1. The lowest BCUT2D eigenvalue weighted by Crippen LogP contribution is -2.57. The number of benzene rings is 3. The molecule has 0 radical (unpaired) electrons. The number of carbonyl (C=O) groups excluding carboxylic acids is 1. The van der Waals surface area contributed by atoms with E-state index in [1.807, 2.05) is 0 Å². The first kappa shape index (κ1) is 32.3. The van der Waals surface area contributed by atoms with E-state index in [4.69, 9.17) is 22.1 Å². The molecule has 1 atom stereocenters. The number of nitrogens with two attached hydrogens (primary N) is 1. The molecule has 0 aromatic heterocycles. The first-order chi connectivity index (χ1) is 21.0. The molecule has 11 heteroatoms. The number of sulfonamides is 1. The van der Waals surface area contributed by atoms with Gasteiger partial charge in [0.2, 0.25) is 15.9 Å². The number of ether oxygens (including phenoxy) is 1. The topological polar surface area (TPSA) is 102 Å². The second kappa shape index (κ2) is 13.9. The fraction of sp³-hybridized carbons (Fsp3) is 0.424. The molecule has 44 heavy (non-hydrogen) atoms. The summed E-state index contributed by atoms with van der Waals surface area (Å²) in [4.78, 5) is 14.6. The van der Waals surface area contributed by atoms with E-state index in [0.29, 0.717) is 41.7 Å². The van der Waals surface area contributed by atoms with E-state index in [9.17, 15) is 13.2 Å². The van der Waals surface area contributed by atoms with Crippen molar-refractivity contribution in [3.63, 3.8) is 0 Å². The molecule has 1 heterocycles. The average molecular weight is 646 g/mol. The maximum Gasteiger partial charge on any atom is 0.298 e. The Morgan fingerprint density at radius 1 is 0.909 bits per heavy atom. The predicted molar refractivity (Wildman–Crippen MR) is 167 cm³/mol. The molecule has 2 fully saturated rings. The highest BCUT2D eigenvalue weighted by Crippen LogP contribution is 2.36. The van der Waals surface area contributed by atoms with Crippen LogP contribution in [0.3, 0.4) is 0 Å². The Bertz CT molecular complexity index is 1510. The maximum atomic E-state index is 16.2. The Morgan fingerprint density at radius 3 is 2.07 bits per heavy atom. The van der Waals surface area contributed by atoms with Crippen LogP contribution in [0.15, 0.2) is 77.7 Å². The number of nitrogens with one attached hydrogen (secondary N) is 1. The van der Waals surface area contributed by atoms with Gasteiger partial charge in [0.15, 0.2) is 6.04 Å². The zero-order valence-electron chi connectivity index (χ0n) is 24.4. The van der Waals surface area contributed by atoms with Crippen LogP contribution < -0.4 is 15.2 Å². The number of rotatable bonds is 10. The highest BCUT2D eigenvalue weighted by atomic mass is 35.5. The van der Waals surface area contributed by atoms with E-state index in [0.717, 1.165) is 18.4 Å². The largest absolute Gasteiger partial charge is 0.493 e. The first-order valence-corrected chi connectivity index (χ1v) is 16.9. The number of amides is 1. The molecule has 0 bridgehead atoms. The molecule has 1 aliphatic heterocycles. The Morgan fingerprint density at radius 2 is 1.48 bits per heavy atom. The number of nitrogens with zero attached hydrogens (tertiary/aromatic N) is 1. The van der Waals surface area contributed by atoms with Gasteiger partial charge < -0.3 is 15.4 Å². The molecule has 1 amide bonds. The fourth-order valence-electron chi connectivity index (χ4n) is 5.78. The molecular formula is C33H38ClF2N3O4S. The van der Waals surface area contributed by atoms with Gasteiger partial charge in [-0.05, 0) is 79.1 Å². The number of carbonyl (C=O) groups is 1. The molecule has 1 saturated heterocycles. The van der Waals surface area contributed by atoms with Crippen LogP contribution in [0.5, 0.6) is 5.75 Å². The van der Waals surface area contributed by atoms with E-state index >= 15 is 8.78 Å². The van der Waals surface area contributed by atoms with Crippen molar-refractivity contribution in [3.8, 4) is 16.9 Å². The third-order valence-corrected chi connectivity index (χ3v) is 10.2. The summed E-state index contributed by atoms with van der Waals surface area (Å²) >= 11 is 5.96. The van der Waals surface area contributed by atoms with Gasteiger partial charge in [0.1, 0.15) is 5.75 Å². The van der Waals surface area contributed by atoms with Gasteiger partial charge in [-0.25, -0.2) is 8.42 Å². The van der Waals surface area contributed by atoms with Crippen LogP contribution in [-0.4, -0.2) is 51.0 Å². The molecule has 1 aliphatic carbocycles. The Hall–Kier alpha value is -3.05. The number of likely N-dealkylation sites (tertiary alicyclic amines) is 1. The van der Waals surface area contributed by atoms with E-state index in [1.165, 1.54) is 72.7 Å². The van der Waals surface area contributed by atoms with E-state index in [2.05, 4.69) is 4.72 Å². The Labute approximate surface area is 262 Å². The van der Waals surface area contributed by atoms with Crippen LogP contribution in [0, 0.1) is 5.92 Å². The van der Waals surface area contributed by atoms with Gasteiger partial charge in [-0.2, -0.15) is 13.5 Å². The summed E-state index contributed by atoms with van der Waals surface area (Å²) in [5, 5.41) is 0.547. The smallest absolute Gasteiger partial charge is 0.298 e. The Kier molecular flexibility index (Phi) is 10.2. The summed E-state index contributed by atoms with van der Waals surface area (Å²) in [6.45, 7) is 0.872. The number of hydrogen-bond donors (Lipinski definition) is 2. The van der Waals surface area contributed by atoms with Gasteiger partial charge in [-0.1, -0.05) is 67.3 Å². The van der Waals surface area contributed by atoms with Gasteiger partial charge in [0.05, 0.1) is 11.5 Å². The molecule has 1 saturated carbocycles. The summed E-state index contributed by atoms with van der Waals surface area (Å²) in [5.41, 5.74) is 6.91. The van der Waals surface area contributed by atoms with Crippen LogP contribution in [0.2, 0.25) is 5.02 Å². The molecule has 2 aliphatic rings. The lowest BCUT2D eigenvalue weighted by atomic mass is 9.90. The highest BCUT2D eigenvalue weighted by molar-refractivity contribution is 7.89. The predicted octanol–water partition coefficient (Wildman–Crippen LogP) is 6.35. The second-order valence-corrected chi connectivity index (χ2v) is 13.9. The molecule has 0 spiro atoms. The summed E-state index contributed by atoms with van der Waals surface area (Å²) < 4.78 is 67.3. The first-order valence-electron chi connectivity index (χ1n) is 15.1. The van der Waals surface area contributed by atoms with E-state index < -0.39 is 33.5 Å². The molecule has 236 valence electrons. The summed E-state index contributed by atoms with van der Waals surface area (Å²) in [6, 6.07) is 15.5. The summed E-state index contributed by atoms with van der Waals surface area (Å²) in [5.74, 6) is -3.91. The van der Waals surface area contributed by atoms with Gasteiger partial charge in [0, 0.05) is 29.7 Å². The van der Waals surface area contributed by atoms with Crippen molar-refractivity contribution in [2.75, 3.05) is 19.7 Å². The quantitative estimate of drug-likeness (QED) is 0.267. The minimum absolute atomic E-state index is 0.144. The average Bonchev–Trinajstić information content (AvgIpc) is 3.04. The highest BCUT2D eigenvalue weighted by Gasteiger charge is 2.50. The summed E-state index contributed by atoms with van der Waals surface area (Å²) in [6.07, 6.45) is 6.68. The number of halogens is 3. The van der Waals surface area contributed by atoms with Crippen LogP contribution in [-0.2, 0) is 20.7 Å². The zero-order valence-corrected chi connectivity index (χ0v) is 26.0. The minimum atomic E-state index is -4.52. The lowest BCUT2D eigenvalue weighted by molar-refractivity contribution is -0.145. The SMILES string of the molecule is NC1CCN(C(=O)[C@H](NS(=O)(=O)c2ccc(OCC3CCCCC3)cc2)C(F)(F)c2ccc(-c3ccc(Cl)cc3)cc2)CC1. The normalized spacial score (nSPS) is 17.8. The van der Waals surface area contributed by atoms with Crippen molar-refractivity contribution < 1.29 is 26.7 Å². The molecule has 3 aromatic rings. The third kappa shape index (κ3) is 7.77. The molecular weight excluding hydrogens is 608 g/mol. The van der Waals surface area contributed by atoms with E-state index in [-0.39, 0.29) is 24.0 Å². The van der Waals surface area contributed by atoms with Crippen molar-refractivity contribution in [1.82, 2.24) is 9.62 Å². The van der Waals surface area contributed by atoms with Gasteiger partial charge in [0.25, 0.3) is 5.92 Å². The number of hydrogen-bond acceptors (Lipinski definition) is 5. The third-order valence-electron chi connectivity index (χ3n) is 8.53. The number of alkyl halides is 2. The van der Waals surface area contributed by atoms with E-state index in [1.54, 1.807) is 24.3 Å². The van der Waals surface area contributed by atoms with Crippen LogP contribution >= 0.6 is 11.6 Å². The van der Waals surface area contributed by atoms with Crippen LogP contribution in [0.4, 0.5) is 8.78 Å². The zero-order chi connectivity index (χ0) is 31.3. The van der Waals surface area contributed by atoms with Crippen molar-refractivity contribution in [2.45, 2.75) is 67.8 Å². The van der Waals surface area contributed by atoms with Crippen molar-refractivity contribution in [3.05, 3.63) is 83.4 Å². The maximum absolute atomic E-state index is 16.2. The molecule has 7 nitrogen and oxygen atoms in total. The van der Waals surface area contributed by atoms with Gasteiger partial charge in [-0.3, -0.25) is 4.79 Å². The molecule has 5 rings (SSSR count). The van der Waals surface area contributed by atoms with Gasteiger partial charge in [-0.15, -0.1) is 0 Å². The monoisotopic (exact) mass is 645 g/mol. The van der Waals surface area contributed by atoms with Crippen molar-refractivity contribution in [2.24, 2.45) is 11.7 Å². The molecule has 3 aromatic carbocycles. The lowest BCUT2D eigenvalue weighted by Gasteiger charge is -2.35. The molecule has 0 unspecified atom stereocenters. The second-order valence-electron chi connectivity index (χ2n) is 11.7. The fourth-order valence-corrected chi connectivity index (χ4v) is 7.10. The van der Waals surface area contributed by atoms with Crippen LogP contribution in [0.1, 0.15) is 50.5 Å². The van der Waals surface area contributed by atoms with Gasteiger partial charge >= 0.3 is 0 Å². The Balaban J connectivity index is 1.37.